The van der Waals surface area contributed by atoms with Crippen molar-refractivity contribution in [2.45, 2.75) is 32.6 Å². The Bertz CT molecular complexity index is 326. The van der Waals surface area contributed by atoms with Gasteiger partial charge >= 0.3 is 0 Å². The third-order valence-electron chi connectivity index (χ3n) is 4.30. The van der Waals surface area contributed by atoms with Crippen LogP contribution in [0.1, 0.15) is 27.2 Å². The van der Waals surface area contributed by atoms with E-state index in [1.807, 2.05) is 20.8 Å². The summed E-state index contributed by atoms with van der Waals surface area (Å²) in [6.07, 6.45) is 0.600. The number of nitrogens with one attached hydrogen (secondary N) is 1. The van der Waals surface area contributed by atoms with Crippen LogP contribution < -0.4 is 5.32 Å². The van der Waals surface area contributed by atoms with E-state index in [9.17, 15) is 9.59 Å². The summed E-state index contributed by atoms with van der Waals surface area (Å²) in [4.78, 5) is 23.4. The van der Waals surface area contributed by atoms with Crippen molar-refractivity contribution in [1.82, 2.24) is 5.32 Å². The number of hydrogen-bond acceptors (Lipinski definition) is 2. The number of fused-ring (bicyclic) bond motifs is 2. The lowest BCUT2D eigenvalue weighted by Gasteiger charge is -2.44. The van der Waals surface area contributed by atoms with Gasteiger partial charge in [0, 0.05) is 11.3 Å². The molecular weight excluding hydrogens is 202 g/mol. The van der Waals surface area contributed by atoms with Crippen molar-refractivity contribution in [3.63, 3.8) is 0 Å². The van der Waals surface area contributed by atoms with Crippen LogP contribution in [0.4, 0.5) is 0 Å². The smallest absolute Gasteiger partial charge is 0.234 e. The molecule has 78 valence electrons. The molecule has 2 rings (SSSR count). The highest BCUT2D eigenvalue weighted by Crippen LogP contribution is 2.59. The van der Waals surface area contributed by atoms with Gasteiger partial charge in [-0.2, -0.15) is 0 Å². The topological polar surface area (TPSA) is 46.2 Å². The lowest BCUT2D eigenvalue weighted by molar-refractivity contribution is -0.150. The molecule has 1 saturated carbocycles. The fourth-order valence-electron chi connectivity index (χ4n) is 2.70. The summed E-state index contributed by atoms with van der Waals surface area (Å²) in [5.74, 6) is -0.519. The van der Waals surface area contributed by atoms with Gasteiger partial charge < -0.3 is 0 Å². The highest BCUT2D eigenvalue weighted by atomic mass is 35.5. The minimum atomic E-state index is -0.618. The molecule has 0 radical (unpaired) electrons. The van der Waals surface area contributed by atoms with E-state index in [1.165, 1.54) is 0 Å². The maximum atomic E-state index is 11.8. The van der Waals surface area contributed by atoms with Gasteiger partial charge in [0.2, 0.25) is 11.8 Å². The summed E-state index contributed by atoms with van der Waals surface area (Å²) in [7, 11) is 0. The Balaban J connectivity index is 2.57. The van der Waals surface area contributed by atoms with E-state index in [0.717, 1.165) is 0 Å². The third kappa shape index (κ3) is 0.842. The van der Waals surface area contributed by atoms with Gasteiger partial charge in [0.05, 0.1) is 5.41 Å². The van der Waals surface area contributed by atoms with E-state index in [-0.39, 0.29) is 28.5 Å². The second-order valence-corrected chi connectivity index (χ2v) is 5.53. The third-order valence-corrected chi connectivity index (χ3v) is 4.92. The summed E-state index contributed by atoms with van der Waals surface area (Å²) in [5.41, 5.74) is -0.952. The molecule has 14 heavy (non-hydrogen) atoms. The van der Waals surface area contributed by atoms with E-state index in [4.69, 9.17) is 11.6 Å². The number of amides is 2. The summed E-state index contributed by atoms with van der Waals surface area (Å²) >= 11 is 6.19. The molecule has 0 aromatic heterocycles. The second-order valence-electron chi connectivity index (χ2n) is 5.00. The first-order valence-electron chi connectivity index (χ1n) is 4.81. The second kappa shape index (κ2) is 2.51. The van der Waals surface area contributed by atoms with Crippen molar-refractivity contribution >= 4 is 23.4 Å². The maximum Gasteiger partial charge on any atom is 0.234 e. The van der Waals surface area contributed by atoms with Crippen molar-refractivity contribution < 1.29 is 9.59 Å². The first-order valence-corrected chi connectivity index (χ1v) is 5.25. The Hall–Kier alpha value is -0.570. The largest absolute Gasteiger partial charge is 0.296 e. The summed E-state index contributed by atoms with van der Waals surface area (Å²) < 4.78 is 0. The molecule has 0 aromatic rings. The molecule has 1 heterocycles. The van der Waals surface area contributed by atoms with Crippen molar-refractivity contribution in [1.29, 1.82) is 0 Å². The molecule has 1 aliphatic heterocycles. The number of carbonyl (C=O) groups excluding carboxylic acids is 2. The first-order chi connectivity index (χ1) is 6.31. The SMILES string of the molecule is CC1(C)C2CC(Cl)C1(C)C(=O)NC2=O. The molecule has 0 spiro atoms. The Morgan fingerprint density at radius 2 is 1.93 bits per heavy atom. The van der Waals surface area contributed by atoms with Gasteiger partial charge in [-0.05, 0) is 18.8 Å². The summed E-state index contributed by atoms with van der Waals surface area (Å²) in [6, 6.07) is 0. The van der Waals surface area contributed by atoms with Crippen LogP contribution in [0.15, 0.2) is 0 Å². The molecule has 4 heteroatoms. The van der Waals surface area contributed by atoms with Gasteiger partial charge in [0.25, 0.3) is 0 Å². The van der Waals surface area contributed by atoms with Gasteiger partial charge in [-0.15, -0.1) is 11.6 Å². The average molecular weight is 216 g/mol. The van der Waals surface area contributed by atoms with Crippen LogP contribution in [0.25, 0.3) is 0 Å². The molecule has 0 aromatic carbocycles. The van der Waals surface area contributed by atoms with Crippen LogP contribution in [0.5, 0.6) is 0 Å². The van der Waals surface area contributed by atoms with Crippen LogP contribution in [-0.4, -0.2) is 17.2 Å². The number of piperidine rings is 1. The lowest BCUT2D eigenvalue weighted by atomic mass is 9.63. The van der Waals surface area contributed by atoms with Crippen molar-refractivity contribution in [3.8, 4) is 0 Å². The Morgan fingerprint density at radius 1 is 1.36 bits per heavy atom. The molecule has 1 N–H and O–H groups in total. The van der Waals surface area contributed by atoms with Crippen LogP contribution >= 0.6 is 11.6 Å². The number of imide groups is 1. The fourth-order valence-corrected chi connectivity index (χ4v) is 3.26. The highest BCUT2D eigenvalue weighted by molar-refractivity contribution is 6.24. The van der Waals surface area contributed by atoms with Crippen molar-refractivity contribution in [2.75, 3.05) is 0 Å². The summed E-state index contributed by atoms with van der Waals surface area (Å²) in [5, 5.41) is 2.16. The zero-order valence-corrected chi connectivity index (χ0v) is 9.31. The van der Waals surface area contributed by atoms with Gasteiger partial charge in [-0.1, -0.05) is 13.8 Å². The van der Waals surface area contributed by atoms with Crippen molar-refractivity contribution in [2.24, 2.45) is 16.7 Å². The Labute approximate surface area is 88.2 Å². The molecule has 2 fully saturated rings. The maximum absolute atomic E-state index is 11.8. The van der Waals surface area contributed by atoms with Gasteiger partial charge in [0.15, 0.2) is 0 Å². The van der Waals surface area contributed by atoms with E-state index >= 15 is 0 Å². The molecule has 3 unspecified atom stereocenters. The van der Waals surface area contributed by atoms with Crippen LogP contribution in [0.2, 0.25) is 0 Å². The Morgan fingerprint density at radius 3 is 2.50 bits per heavy atom. The van der Waals surface area contributed by atoms with Gasteiger partial charge in [-0.25, -0.2) is 0 Å². The molecule has 2 bridgehead atoms. The lowest BCUT2D eigenvalue weighted by Crippen LogP contribution is -2.58. The van der Waals surface area contributed by atoms with E-state index in [0.29, 0.717) is 6.42 Å². The molecule has 2 aliphatic rings. The first kappa shape index (κ1) is 9.97. The van der Waals surface area contributed by atoms with Crippen LogP contribution in [-0.2, 0) is 9.59 Å². The Kier molecular flexibility index (Phi) is 1.79. The number of halogens is 1. The summed E-state index contributed by atoms with van der Waals surface area (Å²) in [6.45, 7) is 5.76. The number of hydrogen-bond donors (Lipinski definition) is 1. The highest BCUT2D eigenvalue weighted by Gasteiger charge is 2.66. The van der Waals surface area contributed by atoms with E-state index < -0.39 is 5.41 Å². The zero-order chi connectivity index (χ0) is 10.7. The van der Waals surface area contributed by atoms with E-state index in [2.05, 4.69) is 5.32 Å². The molecular formula is C10H14ClNO2. The molecule has 3 nitrogen and oxygen atoms in total. The number of alkyl halides is 1. The molecule has 2 amide bonds. The zero-order valence-electron chi connectivity index (χ0n) is 8.56. The monoisotopic (exact) mass is 215 g/mol. The average Bonchev–Trinajstić information content (AvgIpc) is 2.19. The van der Waals surface area contributed by atoms with Crippen molar-refractivity contribution in [3.05, 3.63) is 0 Å². The quantitative estimate of drug-likeness (QED) is 0.489. The van der Waals surface area contributed by atoms with Crippen LogP contribution in [0, 0.1) is 16.7 Å². The fraction of sp³-hybridized carbons (Fsp3) is 0.800. The minimum Gasteiger partial charge on any atom is -0.296 e. The number of carbonyl (C=O) groups is 2. The predicted molar refractivity (Wildman–Crippen MR) is 52.8 cm³/mol. The minimum absolute atomic E-state index is 0.132. The predicted octanol–water partition coefficient (Wildman–Crippen LogP) is 1.30. The standard InChI is InChI=1S/C10H14ClNO2/c1-9(2)5-4-6(11)10(9,3)8(14)12-7(5)13/h5-6H,4H2,1-3H3,(H,12,13,14). The molecule has 1 saturated heterocycles. The van der Waals surface area contributed by atoms with Gasteiger partial charge in [0.1, 0.15) is 0 Å². The normalized spacial score (nSPS) is 45.1. The van der Waals surface area contributed by atoms with E-state index in [1.54, 1.807) is 0 Å². The number of rotatable bonds is 0. The van der Waals surface area contributed by atoms with Gasteiger partial charge in [-0.3, -0.25) is 14.9 Å². The molecule has 1 aliphatic carbocycles. The molecule has 3 atom stereocenters. The van der Waals surface area contributed by atoms with Crippen LogP contribution in [0.3, 0.4) is 0 Å².